The first-order valence-corrected chi connectivity index (χ1v) is 15.1. The van der Waals surface area contributed by atoms with Gasteiger partial charge < -0.3 is 19.7 Å². The predicted molar refractivity (Wildman–Crippen MR) is 186 cm³/mol. The molecule has 6 aromatic rings. The van der Waals surface area contributed by atoms with E-state index in [4.69, 9.17) is 14.5 Å². The van der Waals surface area contributed by atoms with E-state index in [0.29, 0.717) is 11.8 Å². The third-order valence-electron chi connectivity index (χ3n) is 7.91. The van der Waals surface area contributed by atoms with Gasteiger partial charge in [0, 0.05) is 24.0 Å². The van der Waals surface area contributed by atoms with Crippen molar-refractivity contribution in [3.8, 4) is 23.0 Å². The number of aliphatic imine (C=N–C) groups is 2. The summed E-state index contributed by atoms with van der Waals surface area (Å²) in [7, 11) is 1.76. The molecule has 0 aromatic heterocycles. The topological polar surface area (TPSA) is 61.7 Å². The van der Waals surface area contributed by atoms with Gasteiger partial charge in [-0.25, -0.2) is 0 Å². The van der Waals surface area contributed by atoms with Crippen LogP contribution in [-0.4, -0.2) is 18.8 Å². The molecule has 46 heavy (non-hydrogen) atoms. The molecule has 1 N–H and O–H groups in total. The zero-order valence-corrected chi connectivity index (χ0v) is 25.0. The van der Waals surface area contributed by atoms with E-state index >= 15 is 0 Å². The van der Waals surface area contributed by atoms with Crippen molar-refractivity contribution in [2.75, 3.05) is 22.2 Å². The molecule has 0 aliphatic carbocycles. The predicted octanol–water partition coefficient (Wildman–Crippen LogP) is 10.1. The number of hydrogen-bond acceptors (Lipinski definition) is 4. The Bertz CT molecular complexity index is 2020. The van der Waals surface area contributed by atoms with Crippen LogP contribution >= 0.6 is 0 Å². The van der Waals surface area contributed by atoms with Gasteiger partial charge in [-0.05, 0) is 72.8 Å². The monoisotopic (exact) mass is 599 g/mol. The maximum absolute atomic E-state index is 6.29. The van der Waals surface area contributed by atoms with Gasteiger partial charge in [0.05, 0.1) is 22.7 Å². The van der Waals surface area contributed by atoms with Gasteiger partial charge in [0.1, 0.15) is 0 Å². The van der Waals surface area contributed by atoms with Crippen LogP contribution < -0.4 is 24.6 Å². The first-order valence-electron chi connectivity index (χ1n) is 15.1. The van der Waals surface area contributed by atoms with Crippen molar-refractivity contribution in [3.63, 3.8) is 0 Å². The molecule has 2 heterocycles. The Hall–Kier alpha value is -6.34. The van der Waals surface area contributed by atoms with Crippen LogP contribution in [0.2, 0.25) is 0 Å². The smallest absolute Gasteiger partial charge is 0.214 e. The molecule has 0 saturated heterocycles. The van der Waals surface area contributed by atoms with Crippen LogP contribution in [0.15, 0.2) is 162 Å². The lowest BCUT2D eigenvalue weighted by Crippen LogP contribution is -2.35. The van der Waals surface area contributed by atoms with Crippen LogP contribution in [0.3, 0.4) is 0 Å². The molecule has 7 heteroatoms. The summed E-state index contributed by atoms with van der Waals surface area (Å²) in [6, 6.07) is 50.4. The first kappa shape index (κ1) is 27.2. The van der Waals surface area contributed by atoms with Gasteiger partial charge in [0.15, 0.2) is 28.8 Å². The second-order valence-electron chi connectivity index (χ2n) is 10.8. The molecule has 0 saturated carbocycles. The average Bonchev–Trinajstić information content (AvgIpc) is 3.12. The number of fused-ring (bicyclic) bond motifs is 4. The molecule has 222 valence electrons. The summed E-state index contributed by atoms with van der Waals surface area (Å²) >= 11 is 0. The fourth-order valence-electron chi connectivity index (χ4n) is 5.80. The van der Waals surface area contributed by atoms with Crippen molar-refractivity contribution in [2.24, 2.45) is 9.98 Å². The van der Waals surface area contributed by atoms with Crippen LogP contribution in [0, 0.1) is 0 Å². The lowest BCUT2D eigenvalue weighted by atomic mass is 10.1. The number of amidine groups is 1. The molecular weight excluding hydrogens is 570 g/mol. The number of nitrogens with one attached hydrogen (secondary N) is 1. The molecule has 0 fully saturated rings. The van der Waals surface area contributed by atoms with E-state index in [0.717, 1.165) is 62.7 Å². The Kier molecular flexibility index (Phi) is 6.88. The number of guanidine groups is 1. The highest BCUT2D eigenvalue weighted by Crippen LogP contribution is 2.50. The van der Waals surface area contributed by atoms with Crippen LogP contribution in [-0.2, 0) is 0 Å². The molecule has 0 amide bonds. The number of ether oxygens (including phenoxy) is 2. The summed E-state index contributed by atoms with van der Waals surface area (Å²) in [5.41, 5.74) is 6.49. The molecule has 0 bridgehead atoms. The Morgan fingerprint density at radius 2 is 0.978 bits per heavy atom. The van der Waals surface area contributed by atoms with Gasteiger partial charge in [0.25, 0.3) is 0 Å². The second-order valence-corrected chi connectivity index (χ2v) is 10.8. The number of hydrogen-bond donors (Lipinski definition) is 1. The van der Waals surface area contributed by atoms with Crippen molar-refractivity contribution < 1.29 is 9.47 Å². The molecule has 6 aromatic carbocycles. The molecule has 7 nitrogen and oxygen atoms in total. The van der Waals surface area contributed by atoms with Crippen LogP contribution in [0.5, 0.6) is 23.0 Å². The highest BCUT2D eigenvalue weighted by molar-refractivity contribution is 6.18. The van der Waals surface area contributed by atoms with Crippen molar-refractivity contribution in [2.45, 2.75) is 0 Å². The summed E-state index contributed by atoms with van der Waals surface area (Å²) in [5.74, 6) is 4.30. The number of para-hydroxylation sites is 8. The molecule has 0 radical (unpaired) electrons. The average molecular weight is 600 g/mol. The summed E-state index contributed by atoms with van der Waals surface area (Å²) in [6.45, 7) is 0. The molecule has 2 aliphatic rings. The standard InChI is InChI=1S/C39H29N5O2/c1-40-38(27-13-3-2-4-14-27)42-39(44-32-17-7-11-21-36(32)46-37-22-12-8-18-33(37)44)41-28-23-25-29(26-24-28)43-30-15-5-9-19-34(30)45-35-20-10-6-16-31(35)43/h2-26H,1H3,(H,40,41,42). The van der Waals surface area contributed by atoms with E-state index in [1.165, 1.54) is 0 Å². The Morgan fingerprint density at radius 1 is 0.522 bits per heavy atom. The lowest BCUT2D eigenvalue weighted by Gasteiger charge is -2.34. The van der Waals surface area contributed by atoms with Crippen LogP contribution in [0.25, 0.3) is 0 Å². The largest absolute Gasteiger partial charge is 0.453 e. The summed E-state index contributed by atoms with van der Waals surface area (Å²) in [4.78, 5) is 14.0. The van der Waals surface area contributed by atoms with E-state index in [-0.39, 0.29) is 0 Å². The Balaban J connectivity index is 1.22. The Morgan fingerprint density at radius 3 is 1.50 bits per heavy atom. The Labute approximate surface area is 267 Å². The van der Waals surface area contributed by atoms with Gasteiger partial charge in [-0.3, -0.25) is 9.89 Å². The van der Waals surface area contributed by atoms with Gasteiger partial charge in [-0.2, -0.15) is 4.99 Å². The number of benzene rings is 6. The van der Waals surface area contributed by atoms with E-state index in [1.807, 2.05) is 115 Å². The van der Waals surface area contributed by atoms with E-state index in [2.05, 4.69) is 56.5 Å². The minimum Gasteiger partial charge on any atom is -0.453 e. The van der Waals surface area contributed by atoms with Gasteiger partial charge in [-0.15, -0.1) is 0 Å². The SMILES string of the molecule is C/N=C(\N=C(/Nc1ccc(N2c3ccccc3Oc3ccccc32)cc1)N1c2ccccc2Oc2ccccc21)c1ccccc1. The summed E-state index contributed by atoms with van der Waals surface area (Å²) in [5, 5.41) is 3.63. The zero-order valence-electron chi connectivity index (χ0n) is 25.0. The maximum Gasteiger partial charge on any atom is 0.214 e. The summed E-state index contributed by atoms with van der Waals surface area (Å²) in [6.07, 6.45) is 0. The van der Waals surface area contributed by atoms with E-state index < -0.39 is 0 Å². The highest BCUT2D eigenvalue weighted by Gasteiger charge is 2.29. The minimum absolute atomic E-state index is 0.586. The van der Waals surface area contributed by atoms with Crippen molar-refractivity contribution in [1.29, 1.82) is 0 Å². The van der Waals surface area contributed by atoms with Crippen LogP contribution in [0.1, 0.15) is 5.56 Å². The van der Waals surface area contributed by atoms with Crippen molar-refractivity contribution in [3.05, 3.63) is 157 Å². The molecule has 2 aliphatic heterocycles. The number of nitrogens with zero attached hydrogens (tertiary/aromatic N) is 4. The fourth-order valence-corrected chi connectivity index (χ4v) is 5.80. The van der Waals surface area contributed by atoms with Gasteiger partial charge in [0.2, 0.25) is 5.96 Å². The molecule has 0 spiro atoms. The third-order valence-corrected chi connectivity index (χ3v) is 7.91. The van der Waals surface area contributed by atoms with Gasteiger partial charge >= 0.3 is 0 Å². The van der Waals surface area contributed by atoms with E-state index in [9.17, 15) is 0 Å². The zero-order chi connectivity index (χ0) is 30.9. The first-order chi connectivity index (χ1) is 22.8. The molecule has 0 atom stereocenters. The fraction of sp³-hybridized carbons (Fsp3) is 0.0256. The normalized spacial score (nSPS) is 13.4. The van der Waals surface area contributed by atoms with E-state index in [1.54, 1.807) is 7.05 Å². The van der Waals surface area contributed by atoms with Crippen molar-refractivity contribution in [1.82, 2.24) is 0 Å². The maximum atomic E-state index is 6.29. The van der Waals surface area contributed by atoms with Crippen LogP contribution in [0.4, 0.5) is 34.1 Å². The number of rotatable bonds is 3. The second kappa shape index (κ2) is 11.6. The molecule has 8 rings (SSSR count). The lowest BCUT2D eigenvalue weighted by molar-refractivity contribution is 0.477. The molecule has 0 unspecified atom stereocenters. The third kappa shape index (κ3) is 4.90. The van der Waals surface area contributed by atoms with Gasteiger partial charge in [-0.1, -0.05) is 78.9 Å². The summed E-state index contributed by atoms with van der Waals surface area (Å²) < 4.78 is 12.5. The number of anilines is 6. The quantitative estimate of drug-likeness (QED) is 0.162. The minimum atomic E-state index is 0.586. The highest BCUT2D eigenvalue weighted by atomic mass is 16.5. The molecular formula is C39H29N5O2. The van der Waals surface area contributed by atoms with Crippen molar-refractivity contribution >= 4 is 45.9 Å².